The standard InChI is InChI=1S/C13H23NO3/c1-3-4-10-17-13(16)14-8-5-6-12(7-9-14)11(2)15/h12H,3-10H2,1-2H3. The molecule has 0 N–H and O–H groups in total. The van der Waals surface area contributed by atoms with Crippen LogP contribution in [0, 0.1) is 5.92 Å². The first kappa shape index (κ1) is 14.0. The zero-order valence-electron chi connectivity index (χ0n) is 10.9. The van der Waals surface area contributed by atoms with Gasteiger partial charge in [0.15, 0.2) is 0 Å². The third kappa shape index (κ3) is 4.75. The van der Waals surface area contributed by atoms with Crippen molar-refractivity contribution in [2.45, 2.75) is 46.0 Å². The number of ether oxygens (including phenoxy) is 1. The lowest BCUT2D eigenvalue weighted by atomic mass is 9.97. The summed E-state index contributed by atoms with van der Waals surface area (Å²) in [6.45, 7) is 5.57. The molecule has 1 saturated heterocycles. The summed E-state index contributed by atoms with van der Waals surface area (Å²) >= 11 is 0. The molecule has 1 fully saturated rings. The van der Waals surface area contributed by atoms with Crippen LogP contribution in [0.25, 0.3) is 0 Å². The molecule has 1 rings (SSSR count). The van der Waals surface area contributed by atoms with E-state index in [9.17, 15) is 9.59 Å². The minimum Gasteiger partial charge on any atom is -0.449 e. The Labute approximate surface area is 103 Å². The Balaban J connectivity index is 2.34. The number of likely N-dealkylation sites (tertiary alicyclic amines) is 1. The molecule has 1 atom stereocenters. The maximum Gasteiger partial charge on any atom is 0.409 e. The fraction of sp³-hybridized carbons (Fsp3) is 0.846. The fourth-order valence-corrected chi connectivity index (χ4v) is 2.08. The second kappa shape index (κ2) is 7.30. The smallest absolute Gasteiger partial charge is 0.409 e. The van der Waals surface area contributed by atoms with Crippen molar-refractivity contribution >= 4 is 11.9 Å². The van der Waals surface area contributed by atoms with Crippen LogP contribution in [0.15, 0.2) is 0 Å². The molecule has 0 spiro atoms. The number of amides is 1. The molecule has 17 heavy (non-hydrogen) atoms. The van der Waals surface area contributed by atoms with Crippen LogP contribution in [-0.2, 0) is 9.53 Å². The van der Waals surface area contributed by atoms with Gasteiger partial charge in [-0.25, -0.2) is 4.79 Å². The molecule has 0 aliphatic carbocycles. The average Bonchev–Trinajstić information content (AvgIpc) is 2.54. The van der Waals surface area contributed by atoms with Crippen molar-refractivity contribution in [2.75, 3.05) is 19.7 Å². The summed E-state index contributed by atoms with van der Waals surface area (Å²) in [6, 6.07) is 0. The van der Waals surface area contributed by atoms with Crippen LogP contribution in [0.5, 0.6) is 0 Å². The van der Waals surface area contributed by atoms with Crippen molar-refractivity contribution in [1.82, 2.24) is 4.90 Å². The third-order valence-electron chi connectivity index (χ3n) is 3.28. The van der Waals surface area contributed by atoms with Crippen molar-refractivity contribution in [2.24, 2.45) is 5.92 Å². The first-order chi connectivity index (χ1) is 8.15. The number of unbranched alkanes of at least 4 members (excludes halogenated alkanes) is 1. The third-order valence-corrected chi connectivity index (χ3v) is 3.28. The summed E-state index contributed by atoms with van der Waals surface area (Å²) in [5, 5.41) is 0. The highest BCUT2D eigenvalue weighted by Crippen LogP contribution is 2.18. The van der Waals surface area contributed by atoms with Crippen molar-refractivity contribution in [3.05, 3.63) is 0 Å². The van der Waals surface area contributed by atoms with Gasteiger partial charge in [0.1, 0.15) is 5.78 Å². The molecule has 1 aliphatic rings. The summed E-state index contributed by atoms with van der Waals surface area (Å²) in [4.78, 5) is 24.8. The fourth-order valence-electron chi connectivity index (χ4n) is 2.08. The van der Waals surface area contributed by atoms with E-state index in [-0.39, 0.29) is 17.8 Å². The normalized spacial score (nSPS) is 20.8. The van der Waals surface area contributed by atoms with E-state index in [1.54, 1.807) is 11.8 Å². The molecule has 0 saturated carbocycles. The Morgan fingerprint density at radius 1 is 1.29 bits per heavy atom. The van der Waals surface area contributed by atoms with Gasteiger partial charge in [-0.2, -0.15) is 0 Å². The molecular weight excluding hydrogens is 218 g/mol. The summed E-state index contributed by atoms with van der Waals surface area (Å²) in [6.07, 6.45) is 4.29. The van der Waals surface area contributed by atoms with Gasteiger partial charge in [0.2, 0.25) is 0 Å². The van der Waals surface area contributed by atoms with Crippen LogP contribution in [-0.4, -0.2) is 36.5 Å². The minimum atomic E-state index is -0.220. The van der Waals surface area contributed by atoms with E-state index in [0.717, 1.165) is 38.6 Å². The van der Waals surface area contributed by atoms with Crippen LogP contribution in [0.3, 0.4) is 0 Å². The monoisotopic (exact) mass is 241 g/mol. The molecule has 4 nitrogen and oxygen atoms in total. The minimum absolute atomic E-state index is 0.128. The number of nitrogens with zero attached hydrogens (tertiary/aromatic N) is 1. The van der Waals surface area contributed by atoms with Crippen molar-refractivity contribution < 1.29 is 14.3 Å². The number of carbonyl (C=O) groups excluding carboxylic acids is 2. The quantitative estimate of drug-likeness (QED) is 0.711. The van der Waals surface area contributed by atoms with Crippen LogP contribution < -0.4 is 0 Å². The Morgan fingerprint density at radius 2 is 2.06 bits per heavy atom. The molecule has 0 radical (unpaired) electrons. The van der Waals surface area contributed by atoms with Crippen molar-refractivity contribution in [1.29, 1.82) is 0 Å². The molecule has 1 aliphatic heterocycles. The maximum absolute atomic E-state index is 11.7. The molecule has 0 bridgehead atoms. The molecule has 98 valence electrons. The summed E-state index contributed by atoms with van der Waals surface area (Å²) in [5.74, 6) is 0.370. The molecule has 0 aromatic rings. The van der Waals surface area contributed by atoms with Crippen molar-refractivity contribution in [3.63, 3.8) is 0 Å². The maximum atomic E-state index is 11.7. The number of rotatable bonds is 4. The van der Waals surface area contributed by atoms with E-state index in [2.05, 4.69) is 6.92 Å². The first-order valence-corrected chi connectivity index (χ1v) is 6.57. The average molecular weight is 241 g/mol. The highest BCUT2D eigenvalue weighted by atomic mass is 16.6. The van der Waals surface area contributed by atoms with E-state index in [0.29, 0.717) is 13.2 Å². The zero-order valence-corrected chi connectivity index (χ0v) is 10.9. The van der Waals surface area contributed by atoms with E-state index >= 15 is 0 Å². The number of hydrogen-bond acceptors (Lipinski definition) is 3. The molecular formula is C13H23NO3. The SMILES string of the molecule is CCCCOC(=O)N1CCCC(C(C)=O)CC1. The van der Waals surface area contributed by atoms with Crippen molar-refractivity contribution in [3.8, 4) is 0 Å². The predicted octanol–water partition coefficient (Wildman–Crippen LogP) is 2.61. The summed E-state index contributed by atoms with van der Waals surface area (Å²) in [7, 11) is 0. The molecule has 1 unspecified atom stereocenters. The Morgan fingerprint density at radius 3 is 2.71 bits per heavy atom. The van der Waals surface area contributed by atoms with Gasteiger partial charge in [-0.1, -0.05) is 13.3 Å². The van der Waals surface area contributed by atoms with Gasteiger partial charge in [0.25, 0.3) is 0 Å². The van der Waals surface area contributed by atoms with Gasteiger partial charge in [-0.05, 0) is 32.6 Å². The van der Waals surface area contributed by atoms with E-state index in [1.807, 2.05) is 0 Å². The lowest BCUT2D eigenvalue weighted by molar-refractivity contribution is -0.121. The Bertz CT molecular complexity index is 265. The molecule has 1 heterocycles. The second-order valence-electron chi connectivity index (χ2n) is 4.69. The topological polar surface area (TPSA) is 46.6 Å². The Hall–Kier alpha value is -1.06. The molecule has 0 aromatic carbocycles. The molecule has 1 amide bonds. The lowest BCUT2D eigenvalue weighted by Gasteiger charge is -2.19. The van der Waals surface area contributed by atoms with Gasteiger partial charge in [0, 0.05) is 19.0 Å². The number of carbonyl (C=O) groups is 2. The second-order valence-corrected chi connectivity index (χ2v) is 4.69. The lowest BCUT2D eigenvalue weighted by Crippen LogP contribution is -2.33. The van der Waals surface area contributed by atoms with E-state index in [1.165, 1.54) is 0 Å². The van der Waals surface area contributed by atoms with Crippen LogP contribution in [0.1, 0.15) is 46.0 Å². The summed E-state index contributed by atoms with van der Waals surface area (Å²) in [5.41, 5.74) is 0. The number of Topliss-reactive ketones (excluding diaryl/α,β-unsaturated/α-hetero) is 1. The van der Waals surface area contributed by atoms with Gasteiger partial charge in [-0.3, -0.25) is 4.79 Å². The van der Waals surface area contributed by atoms with Crippen LogP contribution >= 0.6 is 0 Å². The van der Waals surface area contributed by atoms with E-state index < -0.39 is 0 Å². The highest BCUT2D eigenvalue weighted by Gasteiger charge is 2.23. The predicted molar refractivity (Wildman–Crippen MR) is 65.9 cm³/mol. The Kier molecular flexibility index (Phi) is 6.01. The van der Waals surface area contributed by atoms with Crippen LogP contribution in [0.4, 0.5) is 4.79 Å². The number of ketones is 1. The van der Waals surface area contributed by atoms with Gasteiger partial charge >= 0.3 is 6.09 Å². The van der Waals surface area contributed by atoms with Gasteiger partial charge in [0.05, 0.1) is 6.61 Å². The first-order valence-electron chi connectivity index (χ1n) is 6.57. The number of hydrogen-bond donors (Lipinski definition) is 0. The molecule has 4 heteroatoms. The summed E-state index contributed by atoms with van der Waals surface area (Å²) < 4.78 is 5.18. The van der Waals surface area contributed by atoms with E-state index in [4.69, 9.17) is 4.74 Å². The molecule has 0 aromatic heterocycles. The highest BCUT2D eigenvalue weighted by molar-refractivity contribution is 5.78. The van der Waals surface area contributed by atoms with Crippen LogP contribution in [0.2, 0.25) is 0 Å². The largest absolute Gasteiger partial charge is 0.449 e. The zero-order chi connectivity index (χ0) is 12.7. The van der Waals surface area contributed by atoms with Gasteiger partial charge in [-0.15, -0.1) is 0 Å². The van der Waals surface area contributed by atoms with Gasteiger partial charge < -0.3 is 9.64 Å².